The highest BCUT2D eigenvalue weighted by atomic mass is 16.5. The smallest absolute Gasteiger partial charge is 0.225 e. The second kappa shape index (κ2) is 8.48. The van der Waals surface area contributed by atoms with Crippen molar-refractivity contribution in [3.05, 3.63) is 54.0 Å². The number of amides is 2. The van der Waals surface area contributed by atoms with Crippen molar-refractivity contribution in [3.63, 3.8) is 0 Å². The van der Waals surface area contributed by atoms with E-state index in [1.807, 2.05) is 24.3 Å². The number of benzene rings is 1. The largest absolute Gasteiger partial charge is 0.467 e. The van der Waals surface area contributed by atoms with E-state index in [0.717, 1.165) is 43.3 Å². The lowest BCUT2D eigenvalue weighted by atomic mass is 10.1. The van der Waals surface area contributed by atoms with Gasteiger partial charge in [-0.2, -0.15) is 0 Å². The molecule has 0 aliphatic carbocycles. The summed E-state index contributed by atoms with van der Waals surface area (Å²) in [5.74, 6) is 0.323. The van der Waals surface area contributed by atoms with Crippen LogP contribution in [-0.2, 0) is 27.4 Å². The Morgan fingerprint density at radius 3 is 2.75 bits per heavy atom. The van der Waals surface area contributed by atoms with Gasteiger partial charge in [0.25, 0.3) is 0 Å². The van der Waals surface area contributed by atoms with Crippen molar-refractivity contribution >= 4 is 17.5 Å². The van der Waals surface area contributed by atoms with Crippen LogP contribution < -0.4 is 10.2 Å². The number of para-hydroxylation sites is 1. The second-order valence-corrected chi connectivity index (χ2v) is 7.20. The quantitative estimate of drug-likeness (QED) is 0.823. The number of hydrogen-bond donors (Lipinski definition) is 1. The molecule has 1 aromatic heterocycles. The van der Waals surface area contributed by atoms with Crippen LogP contribution in [0.2, 0.25) is 0 Å². The minimum absolute atomic E-state index is 0.00901. The molecule has 1 aromatic carbocycles. The van der Waals surface area contributed by atoms with Gasteiger partial charge < -0.3 is 24.3 Å². The molecule has 7 nitrogen and oxygen atoms in total. The van der Waals surface area contributed by atoms with Crippen LogP contribution in [-0.4, -0.2) is 49.6 Å². The minimum Gasteiger partial charge on any atom is -0.467 e. The van der Waals surface area contributed by atoms with Gasteiger partial charge in [-0.1, -0.05) is 18.2 Å². The topological polar surface area (TPSA) is 75.0 Å². The van der Waals surface area contributed by atoms with Crippen LogP contribution in [0.25, 0.3) is 0 Å². The van der Waals surface area contributed by atoms with E-state index in [0.29, 0.717) is 19.6 Å². The summed E-state index contributed by atoms with van der Waals surface area (Å²) in [4.78, 5) is 28.9. The normalized spacial score (nSPS) is 19.9. The third kappa shape index (κ3) is 4.20. The third-order valence-electron chi connectivity index (χ3n) is 5.31. The van der Waals surface area contributed by atoms with Gasteiger partial charge >= 0.3 is 0 Å². The van der Waals surface area contributed by atoms with E-state index in [-0.39, 0.29) is 24.2 Å². The molecule has 0 spiro atoms. The summed E-state index contributed by atoms with van der Waals surface area (Å²) in [7, 11) is 0. The van der Waals surface area contributed by atoms with E-state index in [4.69, 9.17) is 9.15 Å². The van der Waals surface area contributed by atoms with Gasteiger partial charge in [-0.05, 0) is 23.8 Å². The monoisotopic (exact) mass is 383 g/mol. The van der Waals surface area contributed by atoms with Gasteiger partial charge in [0.05, 0.1) is 31.9 Å². The highest BCUT2D eigenvalue weighted by Gasteiger charge is 2.34. The Morgan fingerprint density at radius 1 is 1.14 bits per heavy atom. The number of likely N-dealkylation sites (tertiary alicyclic amines) is 1. The average Bonchev–Trinajstić information content (AvgIpc) is 3.37. The summed E-state index contributed by atoms with van der Waals surface area (Å²) >= 11 is 0. The van der Waals surface area contributed by atoms with Crippen molar-refractivity contribution in [1.29, 1.82) is 0 Å². The molecule has 2 amide bonds. The van der Waals surface area contributed by atoms with E-state index in [1.54, 1.807) is 17.2 Å². The maximum atomic E-state index is 12.7. The van der Waals surface area contributed by atoms with Gasteiger partial charge in [0.1, 0.15) is 5.76 Å². The van der Waals surface area contributed by atoms with E-state index in [9.17, 15) is 9.59 Å². The molecule has 148 valence electrons. The molecule has 1 unspecified atom stereocenters. The lowest BCUT2D eigenvalue weighted by molar-refractivity contribution is -0.129. The highest BCUT2D eigenvalue weighted by molar-refractivity contribution is 5.89. The van der Waals surface area contributed by atoms with Crippen LogP contribution in [0.1, 0.15) is 17.7 Å². The summed E-state index contributed by atoms with van der Waals surface area (Å²) in [6, 6.07) is 11.7. The molecule has 0 radical (unpaired) electrons. The predicted molar refractivity (Wildman–Crippen MR) is 104 cm³/mol. The number of carbonyl (C=O) groups excluding carboxylic acids is 2. The zero-order valence-electron chi connectivity index (χ0n) is 15.8. The lowest BCUT2D eigenvalue weighted by Crippen LogP contribution is -2.37. The van der Waals surface area contributed by atoms with E-state index in [1.165, 1.54) is 0 Å². The molecule has 1 atom stereocenters. The summed E-state index contributed by atoms with van der Waals surface area (Å²) in [5.41, 5.74) is 2.21. The Balaban J connectivity index is 1.34. The molecule has 1 N–H and O–H groups in total. The van der Waals surface area contributed by atoms with Crippen LogP contribution in [0.3, 0.4) is 0 Å². The van der Waals surface area contributed by atoms with Crippen molar-refractivity contribution in [2.24, 2.45) is 5.92 Å². The molecular weight excluding hydrogens is 358 g/mol. The standard InChI is InChI=1S/C21H25N3O4/c25-20-12-17(14-24(20)15-18-5-3-9-28-18)21(26)22-13-16-4-1-2-6-19(16)23-7-10-27-11-8-23/h1-6,9,17H,7-8,10-15H2,(H,22,26). The SMILES string of the molecule is O=C(NCc1ccccc1N1CCOCC1)C1CC(=O)N(Cc2ccco2)C1. The first kappa shape index (κ1) is 18.6. The fraction of sp³-hybridized carbons (Fsp3) is 0.429. The van der Waals surface area contributed by atoms with Crippen LogP contribution in [0.4, 0.5) is 5.69 Å². The molecule has 2 saturated heterocycles. The zero-order valence-corrected chi connectivity index (χ0v) is 15.8. The van der Waals surface area contributed by atoms with Gasteiger partial charge in [-0.3, -0.25) is 9.59 Å². The molecule has 4 rings (SSSR count). The molecule has 2 aliphatic rings. The fourth-order valence-corrected chi connectivity index (χ4v) is 3.79. The summed E-state index contributed by atoms with van der Waals surface area (Å²) in [6.45, 7) is 4.43. The van der Waals surface area contributed by atoms with Crippen molar-refractivity contribution in [2.75, 3.05) is 37.7 Å². The third-order valence-corrected chi connectivity index (χ3v) is 5.31. The number of furan rings is 1. The molecule has 3 heterocycles. The zero-order chi connectivity index (χ0) is 19.3. The number of morpholine rings is 1. The molecule has 2 fully saturated rings. The van der Waals surface area contributed by atoms with Crippen LogP contribution in [0.15, 0.2) is 47.1 Å². The van der Waals surface area contributed by atoms with Crippen LogP contribution >= 0.6 is 0 Å². The summed E-state index contributed by atoms with van der Waals surface area (Å²) < 4.78 is 10.7. The second-order valence-electron chi connectivity index (χ2n) is 7.20. The Bertz CT molecular complexity index is 815. The number of nitrogens with one attached hydrogen (secondary N) is 1. The van der Waals surface area contributed by atoms with Crippen LogP contribution in [0.5, 0.6) is 0 Å². The number of hydrogen-bond acceptors (Lipinski definition) is 5. The maximum Gasteiger partial charge on any atom is 0.225 e. The van der Waals surface area contributed by atoms with Gasteiger partial charge in [-0.15, -0.1) is 0 Å². The minimum atomic E-state index is -0.321. The predicted octanol–water partition coefficient (Wildman–Crippen LogP) is 1.78. The number of nitrogens with zero attached hydrogens (tertiary/aromatic N) is 2. The van der Waals surface area contributed by atoms with Gasteiger partial charge in [0.15, 0.2) is 0 Å². The van der Waals surface area contributed by atoms with Crippen molar-refractivity contribution in [2.45, 2.75) is 19.5 Å². The molecule has 0 saturated carbocycles. The Kier molecular flexibility index (Phi) is 5.62. The lowest BCUT2D eigenvalue weighted by Gasteiger charge is -2.30. The van der Waals surface area contributed by atoms with E-state index in [2.05, 4.69) is 16.3 Å². The molecule has 2 aromatic rings. The highest BCUT2D eigenvalue weighted by Crippen LogP contribution is 2.23. The van der Waals surface area contributed by atoms with Gasteiger partial charge in [0, 0.05) is 38.3 Å². The van der Waals surface area contributed by atoms with Crippen molar-refractivity contribution < 1.29 is 18.7 Å². The Hall–Kier alpha value is -2.80. The first-order valence-corrected chi connectivity index (χ1v) is 9.69. The van der Waals surface area contributed by atoms with Crippen LogP contribution in [0, 0.1) is 5.92 Å². The number of anilines is 1. The van der Waals surface area contributed by atoms with Crippen molar-refractivity contribution in [3.8, 4) is 0 Å². The number of ether oxygens (including phenoxy) is 1. The van der Waals surface area contributed by atoms with Gasteiger partial charge in [0.2, 0.25) is 11.8 Å². The molecule has 7 heteroatoms. The first-order chi connectivity index (χ1) is 13.7. The number of rotatable bonds is 6. The number of carbonyl (C=O) groups is 2. The maximum absolute atomic E-state index is 12.7. The molecule has 28 heavy (non-hydrogen) atoms. The first-order valence-electron chi connectivity index (χ1n) is 9.69. The summed E-state index contributed by atoms with van der Waals surface area (Å²) in [6.07, 6.45) is 1.84. The van der Waals surface area contributed by atoms with Crippen molar-refractivity contribution in [1.82, 2.24) is 10.2 Å². The molecular formula is C21H25N3O4. The Labute approximate surface area is 164 Å². The molecule has 2 aliphatic heterocycles. The van der Waals surface area contributed by atoms with Gasteiger partial charge in [-0.25, -0.2) is 0 Å². The average molecular weight is 383 g/mol. The molecule has 0 bridgehead atoms. The Morgan fingerprint density at radius 2 is 1.96 bits per heavy atom. The fourth-order valence-electron chi connectivity index (χ4n) is 3.79. The van der Waals surface area contributed by atoms with E-state index >= 15 is 0 Å². The summed E-state index contributed by atoms with van der Waals surface area (Å²) in [5, 5.41) is 3.02. The van der Waals surface area contributed by atoms with E-state index < -0.39 is 0 Å².